The number of rotatable bonds is 8. The highest BCUT2D eigenvalue weighted by molar-refractivity contribution is 6.24. The van der Waals surface area contributed by atoms with Crippen LogP contribution < -0.4 is 5.73 Å². The molecule has 0 amide bonds. The number of carbonyl (C=O) groups is 3. The number of ether oxygens (including phenoxy) is 1. The van der Waals surface area contributed by atoms with Crippen molar-refractivity contribution in [2.75, 3.05) is 5.88 Å². The van der Waals surface area contributed by atoms with Crippen molar-refractivity contribution in [3.63, 3.8) is 0 Å². The van der Waals surface area contributed by atoms with E-state index in [0.29, 0.717) is 6.29 Å². The molecule has 0 heterocycles. The van der Waals surface area contributed by atoms with E-state index in [1.54, 1.807) is 6.92 Å². The van der Waals surface area contributed by atoms with Crippen molar-refractivity contribution < 1.29 is 24.2 Å². The van der Waals surface area contributed by atoms with Gasteiger partial charge >= 0.3 is 11.9 Å². The minimum Gasteiger partial charge on any atom is -0.480 e. The van der Waals surface area contributed by atoms with Gasteiger partial charge in [0.05, 0.1) is 5.88 Å². The Kier molecular flexibility index (Phi) is 11.6. The number of aliphatic carboxylic acids is 1. The largest absolute Gasteiger partial charge is 0.480 e. The molecule has 0 aliphatic heterocycles. The molecule has 6 nitrogen and oxygen atoms in total. The van der Waals surface area contributed by atoms with Crippen LogP contribution in [0.2, 0.25) is 0 Å². The average Bonchev–Trinajstić information content (AvgIpc) is 2.53. The van der Waals surface area contributed by atoms with Crippen LogP contribution in [-0.2, 0) is 25.7 Å². The normalized spacial score (nSPS) is 12.3. The fraction of sp³-hybridized carbons (Fsp3) is 0.438. The molecule has 1 rings (SSSR count). The highest BCUT2D eigenvalue weighted by Crippen LogP contribution is 2.12. The molecule has 0 radical (unpaired) electrons. The molecule has 7 heteroatoms. The van der Waals surface area contributed by atoms with Crippen molar-refractivity contribution in [3.05, 3.63) is 35.9 Å². The quantitative estimate of drug-likeness (QED) is 0.424. The van der Waals surface area contributed by atoms with E-state index in [-0.39, 0.29) is 37.2 Å². The zero-order valence-electron chi connectivity index (χ0n) is 13.0. The van der Waals surface area contributed by atoms with Crippen molar-refractivity contribution in [3.8, 4) is 0 Å². The molecule has 0 saturated carbocycles. The van der Waals surface area contributed by atoms with E-state index in [2.05, 4.69) is 0 Å². The molecule has 0 aliphatic rings. The zero-order valence-corrected chi connectivity index (χ0v) is 13.7. The lowest BCUT2D eigenvalue weighted by molar-refractivity contribution is -0.146. The maximum atomic E-state index is 11.6. The number of carbonyl (C=O) groups excluding carboxylic acids is 2. The van der Waals surface area contributed by atoms with Crippen LogP contribution in [0.5, 0.6) is 0 Å². The van der Waals surface area contributed by atoms with Crippen molar-refractivity contribution in [1.82, 2.24) is 0 Å². The summed E-state index contributed by atoms with van der Waals surface area (Å²) in [4.78, 5) is 31.2. The van der Waals surface area contributed by atoms with E-state index in [1.165, 1.54) is 0 Å². The van der Waals surface area contributed by atoms with Gasteiger partial charge in [-0.3, -0.25) is 9.59 Å². The summed E-state index contributed by atoms with van der Waals surface area (Å²) >= 11 is 4.82. The number of benzene rings is 1. The zero-order chi connectivity index (χ0) is 17.7. The second kappa shape index (κ2) is 12.6. The van der Waals surface area contributed by atoms with E-state index in [4.69, 9.17) is 32.0 Å². The summed E-state index contributed by atoms with van der Waals surface area (Å²) in [5, 5.41) is 8.68. The second-order valence-electron chi connectivity index (χ2n) is 4.96. The molecule has 0 bridgehead atoms. The number of carboxylic acid groups (broad SMARTS) is 1. The summed E-state index contributed by atoms with van der Waals surface area (Å²) in [7, 11) is 0. The fourth-order valence-electron chi connectivity index (χ4n) is 1.70. The smallest absolute Gasteiger partial charge is 0.320 e. The van der Waals surface area contributed by atoms with Gasteiger partial charge < -0.3 is 20.4 Å². The monoisotopic (exact) mass is 343 g/mol. The molecule has 0 fully saturated rings. The van der Waals surface area contributed by atoms with Crippen LogP contribution >= 0.6 is 11.6 Å². The molecule has 0 aliphatic carbocycles. The van der Waals surface area contributed by atoms with Gasteiger partial charge in [0.1, 0.15) is 18.9 Å². The predicted octanol–water partition coefficient (Wildman–Crippen LogP) is 1.98. The molecule has 0 aromatic heterocycles. The van der Waals surface area contributed by atoms with Crippen molar-refractivity contribution in [2.45, 2.75) is 32.4 Å². The average molecular weight is 344 g/mol. The van der Waals surface area contributed by atoms with E-state index in [1.807, 2.05) is 30.3 Å². The first kappa shape index (κ1) is 21.1. The Morgan fingerprint density at radius 1 is 1.35 bits per heavy atom. The summed E-state index contributed by atoms with van der Waals surface area (Å²) in [6.07, 6.45) is 1.07. The molecule has 0 spiro atoms. The summed E-state index contributed by atoms with van der Waals surface area (Å²) in [6.45, 7) is 2.02. The molecule has 3 N–H and O–H groups in total. The Morgan fingerprint density at radius 2 is 1.91 bits per heavy atom. The molecule has 23 heavy (non-hydrogen) atoms. The highest BCUT2D eigenvalue weighted by atomic mass is 35.5. The van der Waals surface area contributed by atoms with Gasteiger partial charge in [0, 0.05) is 6.42 Å². The third-order valence-electron chi connectivity index (χ3n) is 2.79. The van der Waals surface area contributed by atoms with Gasteiger partial charge in [0.2, 0.25) is 0 Å². The van der Waals surface area contributed by atoms with Crippen molar-refractivity contribution in [2.24, 2.45) is 11.7 Å². The lowest BCUT2D eigenvalue weighted by atomic mass is 9.99. The summed E-state index contributed by atoms with van der Waals surface area (Å²) < 4.78 is 5.11. The maximum absolute atomic E-state index is 11.6. The van der Waals surface area contributed by atoms with Crippen molar-refractivity contribution >= 4 is 29.8 Å². The van der Waals surface area contributed by atoms with Crippen LogP contribution in [0.4, 0.5) is 0 Å². The number of hydrogen-bond acceptors (Lipinski definition) is 5. The van der Waals surface area contributed by atoms with Gasteiger partial charge in [-0.05, 0) is 17.9 Å². The van der Waals surface area contributed by atoms with Crippen LogP contribution in [0.25, 0.3) is 0 Å². The fourth-order valence-corrected chi connectivity index (χ4v) is 1.70. The van der Waals surface area contributed by atoms with Gasteiger partial charge in [0.25, 0.3) is 0 Å². The van der Waals surface area contributed by atoms with Gasteiger partial charge in [-0.2, -0.15) is 0 Å². The molecule has 2 atom stereocenters. The van der Waals surface area contributed by atoms with Gasteiger partial charge in [-0.15, -0.1) is 11.6 Å². The first-order chi connectivity index (χ1) is 10.9. The van der Waals surface area contributed by atoms with E-state index >= 15 is 0 Å². The number of alkyl halides is 1. The summed E-state index contributed by atoms with van der Waals surface area (Å²) in [5.41, 5.74) is 6.33. The minimum absolute atomic E-state index is 0.111. The third-order valence-corrected chi connectivity index (χ3v) is 2.92. The number of carboxylic acids is 1. The Bertz CT molecular complexity index is 481. The molecule has 1 unspecified atom stereocenters. The standard InChI is InChI=1S/C14H19NO4.C2H3ClO/c1-10(7-12(15)14(17)18)8-13(16)19-9-11-5-3-2-4-6-11;3-1-2-4/h2-6,10,12H,7-9,15H2,1H3,(H,17,18);2H,1H2/t10?,12-;/m0./s1. The Hall–Kier alpha value is -1.92. The Labute approximate surface area is 140 Å². The van der Waals surface area contributed by atoms with Gasteiger partial charge in [-0.1, -0.05) is 37.3 Å². The van der Waals surface area contributed by atoms with Crippen molar-refractivity contribution in [1.29, 1.82) is 0 Å². The van der Waals surface area contributed by atoms with E-state index in [0.717, 1.165) is 5.56 Å². The first-order valence-electron chi connectivity index (χ1n) is 7.08. The highest BCUT2D eigenvalue weighted by Gasteiger charge is 2.18. The maximum Gasteiger partial charge on any atom is 0.320 e. The predicted molar refractivity (Wildman–Crippen MR) is 87.0 cm³/mol. The Morgan fingerprint density at radius 3 is 2.39 bits per heavy atom. The van der Waals surface area contributed by atoms with Crippen LogP contribution in [0.15, 0.2) is 30.3 Å². The molecular formula is C16H22ClNO5. The second-order valence-corrected chi connectivity index (χ2v) is 5.27. The lowest BCUT2D eigenvalue weighted by Crippen LogP contribution is -2.32. The number of hydrogen-bond donors (Lipinski definition) is 2. The first-order valence-corrected chi connectivity index (χ1v) is 7.61. The van der Waals surface area contributed by atoms with Crippen LogP contribution in [0, 0.1) is 5.92 Å². The molecule has 128 valence electrons. The molecular weight excluding hydrogens is 322 g/mol. The molecule has 1 aromatic rings. The topological polar surface area (TPSA) is 107 Å². The molecule has 0 saturated heterocycles. The van der Waals surface area contributed by atoms with Crippen LogP contribution in [0.3, 0.4) is 0 Å². The molecule has 1 aromatic carbocycles. The summed E-state index contributed by atoms with van der Waals surface area (Å²) in [5.74, 6) is -1.40. The summed E-state index contributed by atoms with van der Waals surface area (Å²) in [6, 6.07) is 8.45. The number of halogens is 1. The van der Waals surface area contributed by atoms with Gasteiger partial charge in [-0.25, -0.2) is 0 Å². The Balaban J connectivity index is 0.00000108. The van der Waals surface area contributed by atoms with Crippen LogP contribution in [-0.4, -0.2) is 35.3 Å². The lowest BCUT2D eigenvalue weighted by Gasteiger charge is -2.13. The number of nitrogens with two attached hydrogens (primary N) is 1. The third kappa shape index (κ3) is 11.3. The van der Waals surface area contributed by atoms with E-state index in [9.17, 15) is 9.59 Å². The van der Waals surface area contributed by atoms with E-state index < -0.39 is 12.0 Å². The minimum atomic E-state index is -1.05. The van der Waals surface area contributed by atoms with Gasteiger partial charge in [0.15, 0.2) is 0 Å². The number of esters is 1. The SMILES string of the molecule is CC(CC(=O)OCc1ccccc1)C[C@H](N)C(=O)O.O=CCCl. The number of aldehydes is 1. The van der Waals surface area contributed by atoms with Crippen LogP contribution in [0.1, 0.15) is 25.3 Å².